The maximum absolute atomic E-state index is 2.57. The Morgan fingerprint density at radius 3 is 0.625 bits per heavy atom. The fourth-order valence-electron chi connectivity index (χ4n) is 0.500. The van der Waals surface area contributed by atoms with Gasteiger partial charge in [-0.05, 0) is 0 Å². The van der Waals surface area contributed by atoms with Crippen LogP contribution in [0.3, 0.4) is 0 Å². The van der Waals surface area contributed by atoms with E-state index in [1.165, 1.54) is 0 Å². The van der Waals surface area contributed by atoms with Crippen LogP contribution in [0.15, 0.2) is 0 Å². The van der Waals surface area contributed by atoms with Crippen LogP contribution in [0.5, 0.6) is 0 Å². The van der Waals surface area contributed by atoms with E-state index in [9.17, 15) is 0 Å². The van der Waals surface area contributed by atoms with Gasteiger partial charge in [-0.1, -0.05) is 78.6 Å². The first-order valence-electron chi connectivity index (χ1n) is 6.75. The molecule has 0 N–H and O–H groups in total. The molecule has 0 saturated carbocycles. The van der Waals surface area contributed by atoms with Crippen molar-refractivity contribution in [2.75, 3.05) is 0 Å². The Labute approximate surface area is 316 Å². The molecule has 0 atom stereocenters. The average Bonchev–Trinajstić information content (AvgIpc) is 2.18. The minimum atomic E-state index is -0.654. The summed E-state index contributed by atoms with van der Waals surface area (Å²) in [5.41, 5.74) is 0. The molecule has 24 heavy (non-hydrogen) atoms. The molecule has 12 heteroatoms. The first kappa shape index (κ1) is 58.1. The van der Waals surface area contributed by atoms with Crippen LogP contribution in [0.25, 0.3) is 0 Å². The van der Waals surface area contributed by atoms with Gasteiger partial charge >= 0.3 is 0 Å². The van der Waals surface area contributed by atoms with Crippen molar-refractivity contribution in [3.05, 3.63) is 0 Å². The Morgan fingerprint density at radius 2 is 0.625 bits per heavy atom. The van der Waals surface area contributed by atoms with Gasteiger partial charge in [-0.2, -0.15) is 0 Å². The van der Waals surface area contributed by atoms with E-state index in [0.29, 0.717) is 0 Å². The second kappa shape index (κ2) is 38.2. The summed E-state index contributed by atoms with van der Waals surface area (Å²) in [6.07, 6.45) is 0. The van der Waals surface area contributed by atoms with Gasteiger partial charge in [0.15, 0.2) is 0 Å². The second-order valence-electron chi connectivity index (χ2n) is 6.12. The van der Waals surface area contributed by atoms with Crippen LogP contribution in [0.2, 0.25) is 78.6 Å². The van der Waals surface area contributed by atoms with Gasteiger partial charge in [-0.25, -0.2) is 0 Å². The van der Waals surface area contributed by atoms with Gasteiger partial charge in [-0.15, -0.1) is 0 Å². The monoisotopic (exact) mass is 882 g/mol. The predicted molar refractivity (Wildman–Crippen MR) is 105 cm³/mol. The first-order chi connectivity index (χ1) is 7.94. The molecule has 0 saturated heterocycles. The van der Waals surface area contributed by atoms with E-state index < -0.39 is 7.11 Å². The quantitative estimate of drug-likeness (QED) is 0.361. The minimum absolute atomic E-state index is 0. The van der Waals surface area contributed by atoms with Crippen molar-refractivity contribution >= 4 is 49.9 Å². The van der Waals surface area contributed by atoms with Crippen LogP contribution >= 0.6 is 0 Å². The van der Waals surface area contributed by atoms with E-state index in [4.69, 9.17) is 0 Å². The summed E-state index contributed by atoms with van der Waals surface area (Å²) in [6, 6.07) is 0. The Kier molecular flexibility index (Phi) is 92.5. The molecule has 0 fully saturated rings. The third-order valence-electron chi connectivity index (χ3n) is 3.50. The normalized spacial score (nSPS) is 8.50. The Hall–Kier alpha value is 7.92. The van der Waals surface area contributed by atoms with Gasteiger partial charge < -0.3 is 0 Å². The molecule has 0 aliphatic carbocycles. The van der Waals surface area contributed by atoms with Crippen LogP contribution < -0.4 is 0 Å². The van der Waals surface area contributed by atoms with Crippen LogP contribution in [-0.2, 0) is 196 Å². The van der Waals surface area contributed by atoms with Gasteiger partial charge in [-0.3, -0.25) is 0 Å². The predicted octanol–water partition coefficient (Wildman–Crippen LogP) is 4.71. The summed E-state index contributed by atoms with van der Waals surface area (Å²) >= 11 is 0. The van der Waals surface area contributed by atoms with E-state index in [2.05, 4.69) is 78.6 Å². The molecular formula is C12H36Si6Y6. The Morgan fingerprint density at radius 1 is 0.500 bits per heavy atom. The topological polar surface area (TPSA) is 0 Å². The zero-order chi connectivity index (χ0) is 15.5. The maximum atomic E-state index is 2.57. The molecule has 0 nitrogen and oxygen atoms in total. The van der Waals surface area contributed by atoms with Crippen LogP contribution in [0.4, 0.5) is 0 Å². The molecule has 0 amide bonds. The molecule has 0 aromatic rings. The molecule has 0 aliphatic rings. The van der Waals surface area contributed by atoms with E-state index >= 15 is 0 Å². The van der Waals surface area contributed by atoms with Crippen molar-refractivity contribution in [1.82, 2.24) is 0 Å². The summed E-state index contributed by atoms with van der Waals surface area (Å²) < 4.78 is 0. The van der Waals surface area contributed by atoms with Crippen molar-refractivity contribution in [1.29, 1.82) is 0 Å². The van der Waals surface area contributed by atoms with Crippen molar-refractivity contribution in [2.45, 2.75) is 78.6 Å². The van der Waals surface area contributed by atoms with Gasteiger partial charge in [0.05, 0.1) is 0 Å². The standard InChI is InChI=1S/C6H18Si3.C4H12Si2.C2H6Si.6Y/c1-7(2)9(5,6)8(3)4;1-5(2)6(3)4;1-3-2;;;;;;/h1-6H3;1-4H3;1-2H3;;;;;;. The van der Waals surface area contributed by atoms with Crippen LogP contribution in [0.1, 0.15) is 0 Å². The molecule has 126 valence electrons. The number of hydrogen-bond donors (Lipinski definition) is 0. The molecule has 0 spiro atoms. The van der Waals surface area contributed by atoms with Crippen molar-refractivity contribution in [3.63, 3.8) is 0 Å². The third-order valence-corrected chi connectivity index (χ3v) is 40.5. The van der Waals surface area contributed by atoms with Gasteiger partial charge in [0, 0.05) is 246 Å². The van der Waals surface area contributed by atoms with Crippen molar-refractivity contribution in [3.8, 4) is 0 Å². The summed E-state index contributed by atoms with van der Waals surface area (Å²) in [6.45, 7) is 28.9. The molecule has 0 aromatic heterocycles. The van der Waals surface area contributed by atoms with Crippen LogP contribution in [-0.4, -0.2) is 49.9 Å². The van der Waals surface area contributed by atoms with E-state index in [-0.39, 0.29) is 230 Å². The minimum Gasteiger partial charge on any atom is -0.0735 e. The zero-order valence-corrected chi connectivity index (χ0v) is 41.5. The van der Waals surface area contributed by atoms with Gasteiger partial charge in [0.1, 0.15) is 0 Å². The SMILES string of the molecule is C[Si](C)[Si](C)(C)[Si](C)C.C[Si](C)[Si](C)C.C[Si]C.[Y].[Y].[Y].[Y].[Y].[Y]. The second-order valence-corrected chi connectivity index (χ2v) is 39.4. The van der Waals surface area contributed by atoms with Gasteiger partial charge in [0.2, 0.25) is 0 Å². The van der Waals surface area contributed by atoms with E-state index in [1.807, 2.05) is 0 Å². The van der Waals surface area contributed by atoms with E-state index in [1.54, 1.807) is 0 Å². The summed E-state index contributed by atoms with van der Waals surface area (Å²) in [4.78, 5) is 0. The molecule has 0 heterocycles. The fourth-order valence-corrected chi connectivity index (χ4v) is 13.5. The molecule has 0 aromatic carbocycles. The Bertz CT molecular complexity index is 169. The van der Waals surface area contributed by atoms with Crippen molar-refractivity contribution in [2.24, 2.45) is 0 Å². The van der Waals surface area contributed by atoms with E-state index in [0.717, 1.165) is 9.52 Å². The third kappa shape index (κ3) is 43.7. The first-order valence-corrected chi connectivity index (χ1v) is 24.8. The number of hydrogen-bond acceptors (Lipinski definition) is 0. The van der Waals surface area contributed by atoms with Gasteiger partial charge in [0.25, 0.3) is 0 Å². The molecule has 0 rings (SSSR count). The van der Waals surface area contributed by atoms with Crippen molar-refractivity contribution < 1.29 is 196 Å². The summed E-state index contributed by atoms with van der Waals surface area (Å²) in [7, 11) is 0.877. The summed E-state index contributed by atoms with van der Waals surface area (Å²) in [5.74, 6) is 0. The molecule has 0 bridgehead atoms. The average molecular weight is 882 g/mol. The fraction of sp³-hybridized carbons (Fsp3) is 1.00. The largest absolute Gasteiger partial charge is 0.0735 e. The molecule has 0 aliphatic heterocycles. The summed E-state index contributed by atoms with van der Waals surface area (Å²) in [5, 5.41) is 0. The van der Waals surface area contributed by atoms with Crippen LogP contribution in [0, 0.1) is 0 Å². The zero-order valence-electron chi connectivity index (χ0n) is 18.5. The smallest absolute Gasteiger partial charge is 0.0307 e. The maximum Gasteiger partial charge on any atom is 0.0307 e. The molecule has 0 unspecified atom stereocenters. The molecular weight excluding hydrogens is 846 g/mol. The molecule has 12 radical (unpaired) electrons. The number of rotatable bonds is 3. The Balaban J connectivity index is -0.0000000194.